The van der Waals surface area contributed by atoms with E-state index in [0.29, 0.717) is 37.1 Å². The Morgan fingerprint density at radius 3 is 2.67 bits per heavy atom. The van der Waals surface area contributed by atoms with Gasteiger partial charge in [0.15, 0.2) is 5.82 Å². The second kappa shape index (κ2) is 10.1. The first-order valence-corrected chi connectivity index (χ1v) is 11.1. The summed E-state index contributed by atoms with van der Waals surface area (Å²) in [4.78, 5) is 27.2. The molecule has 9 heteroatoms. The molecule has 2 heterocycles. The maximum absolute atomic E-state index is 12.6. The first kappa shape index (κ1) is 22.8. The highest BCUT2D eigenvalue weighted by Gasteiger charge is 2.27. The number of hydrogen-bond donors (Lipinski definition) is 1. The maximum Gasteiger partial charge on any atom is 0.242 e. The normalized spacial score (nSPS) is 14.5. The largest absolute Gasteiger partial charge is 0.489 e. The first-order chi connectivity index (χ1) is 15.9. The molecule has 2 aromatic carbocycles. The lowest BCUT2D eigenvalue weighted by molar-refractivity contribution is -0.123. The number of aromatic nitrogens is 2. The molecule has 172 valence electrons. The molecule has 4 rings (SSSR count). The summed E-state index contributed by atoms with van der Waals surface area (Å²) in [5.41, 5.74) is 8.13. The van der Waals surface area contributed by atoms with Crippen LogP contribution in [-0.4, -0.2) is 52.7 Å². The van der Waals surface area contributed by atoms with Crippen molar-refractivity contribution < 1.29 is 14.3 Å². The fraction of sp³-hybridized carbons (Fsp3) is 0.292. The monoisotopic (exact) mass is 467 g/mol. The van der Waals surface area contributed by atoms with Crippen molar-refractivity contribution >= 4 is 29.2 Å². The van der Waals surface area contributed by atoms with Crippen LogP contribution in [0.2, 0.25) is 5.02 Å². The Kier molecular flexibility index (Phi) is 6.96. The van der Waals surface area contributed by atoms with Crippen molar-refractivity contribution in [1.29, 1.82) is 0 Å². The molecule has 1 aliphatic rings. The average molecular weight is 468 g/mol. The van der Waals surface area contributed by atoms with Crippen LogP contribution in [0.3, 0.4) is 0 Å². The Morgan fingerprint density at radius 1 is 1.15 bits per heavy atom. The predicted octanol–water partition coefficient (Wildman–Crippen LogP) is 2.61. The molecule has 3 aromatic rings. The summed E-state index contributed by atoms with van der Waals surface area (Å²) in [7, 11) is 0. The lowest BCUT2D eigenvalue weighted by atomic mass is 10.2. The number of halogens is 1. The van der Waals surface area contributed by atoms with Gasteiger partial charge in [0, 0.05) is 35.4 Å². The number of carbonyl (C=O) groups excluding carboxylic acids is 2. The van der Waals surface area contributed by atoms with E-state index in [1.165, 1.54) is 0 Å². The van der Waals surface area contributed by atoms with Crippen LogP contribution in [0.5, 0.6) is 5.75 Å². The lowest BCUT2D eigenvalue weighted by Crippen LogP contribution is -2.52. The molecular formula is C24H26ClN5O3. The number of primary amides is 1. The number of rotatable bonds is 8. The highest BCUT2D eigenvalue weighted by Crippen LogP contribution is 2.26. The van der Waals surface area contributed by atoms with Crippen molar-refractivity contribution in [2.45, 2.75) is 20.1 Å². The summed E-state index contributed by atoms with van der Waals surface area (Å²) in [5, 5.41) is 5.28. The van der Waals surface area contributed by atoms with Crippen LogP contribution in [0.15, 0.2) is 54.6 Å². The highest BCUT2D eigenvalue weighted by atomic mass is 35.5. The number of aryl methyl sites for hydroxylation is 1. The molecule has 1 fully saturated rings. The van der Waals surface area contributed by atoms with Gasteiger partial charge in [-0.25, -0.2) is 0 Å². The smallest absolute Gasteiger partial charge is 0.242 e. The number of ether oxygens (including phenoxy) is 1. The van der Waals surface area contributed by atoms with E-state index < -0.39 is 5.91 Å². The Bertz CT molecular complexity index is 1150. The molecular weight excluding hydrogens is 442 g/mol. The molecule has 2 amide bonds. The number of nitrogens with two attached hydrogens (primary N) is 1. The fourth-order valence-electron chi connectivity index (χ4n) is 3.81. The Hall–Kier alpha value is -3.36. The van der Waals surface area contributed by atoms with Crippen molar-refractivity contribution in [2.24, 2.45) is 5.73 Å². The fourth-order valence-corrected chi connectivity index (χ4v) is 4.01. The number of amides is 2. The molecule has 8 nitrogen and oxygen atoms in total. The van der Waals surface area contributed by atoms with Crippen LogP contribution in [-0.2, 0) is 22.7 Å². The summed E-state index contributed by atoms with van der Waals surface area (Å²) < 4.78 is 7.90. The van der Waals surface area contributed by atoms with Crippen LogP contribution < -0.4 is 15.4 Å². The molecule has 0 unspecified atom stereocenters. The minimum absolute atomic E-state index is 0.0770. The van der Waals surface area contributed by atoms with Crippen LogP contribution in [0, 0.1) is 6.92 Å². The van der Waals surface area contributed by atoms with E-state index in [0.717, 1.165) is 22.6 Å². The minimum Gasteiger partial charge on any atom is -0.489 e. The van der Waals surface area contributed by atoms with E-state index in [1.54, 1.807) is 15.9 Å². The number of benzene rings is 2. The number of hydrogen-bond acceptors (Lipinski definition) is 5. The topological polar surface area (TPSA) is 93.7 Å². The van der Waals surface area contributed by atoms with E-state index in [2.05, 4.69) is 5.10 Å². The van der Waals surface area contributed by atoms with Gasteiger partial charge in [0.05, 0.1) is 19.6 Å². The zero-order chi connectivity index (χ0) is 23.4. The molecule has 1 aromatic heterocycles. The third-order valence-corrected chi connectivity index (χ3v) is 5.74. The van der Waals surface area contributed by atoms with Crippen LogP contribution >= 0.6 is 11.6 Å². The summed E-state index contributed by atoms with van der Waals surface area (Å²) in [5.74, 6) is 0.769. The second-order valence-electron chi connectivity index (χ2n) is 8.05. The van der Waals surface area contributed by atoms with Crippen molar-refractivity contribution in [2.75, 3.05) is 31.1 Å². The van der Waals surface area contributed by atoms with Gasteiger partial charge < -0.3 is 10.5 Å². The van der Waals surface area contributed by atoms with Crippen LogP contribution in [0.1, 0.15) is 16.8 Å². The number of nitrogens with zero attached hydrogens (tertiary/aromatic N) is 4. The molecule has 1 saturated heterocycles. The van der Waals surface area contributed by atoms with Gasteiger partial charge in [-0.2, -0.15) is 5.10 Å². The van der Waals surface area contributed by atoms with E-state index in [-0.39, 0.29) is 19.0 Å². The molecule has 0 saturated carbocycles. The summed E-state index contributed by atoms with van der Waals surface area (Å²) >= 11 is 6.26. The predicted molar refractivity (Wildman–Crippen MR) is 126 cm³/mol. The van der Waals surface area contributed by atoms with Gasteiger partial charge in [-0.05, 0) is 30.7 Å². The molecule has 33 heavy (non-hydrogen) atoms. The van der Waals surface area contributed by atoms with E-state index in [1.807, 2.05) is 60.1 Å². The van der Waals surface area contributed by atoms with Crippen molar-refractivity contribution in [1.82, 2.24) is 14.7 Å². The zero-order valence-corrected chi connectivity index (χ0v) is 19.2. The van der Waals surface area contributed by atoms with Gasteiger partial charge in [0.2, 0.25) is 11.8 Å². The van der Waals surface area contributed by atoms with Crippen molar-refractivity contribution in [3.8, 4) is 5.75 Å². The van der Waals surface area contributed by atoms with Gasteiger partial charge in [-0.15, -0.1) is 0 Å². The van der Waals surface area contributed by atoms with Crippen LogP contribution in [0.4, 0.5) is 5.82 Å². The summed E-state index contributed by atoms with van der Waals surface area (Å²) in [6.45, 7) is 4.07. The van der Waals surface area contributed by atoms with E-state index in [9.17, 15) is 9.59 Å². The Labute approximate surface area is 197 Å². The first-order valence-electron chi connectivity index (χ1n) is 10.7. The summed E-state index contributed by atoms with van der Waals surface area (Å²) in [6.07, 6.45) is 0. The minimum atomic E-state index is -0.441. The van der Waals surface area contributed by atoms with Gasteiger partial charge in [0.25, 0.3) is 0 Å². The number of anilines is 1. The third kappa shape index (κ3) is 5.71. The van der Waals surface area contributed by atoms with Gasteiger partial charge >= 0.3 is 0 Å². The van der Waals surface area contributed by atoms with E-state index >= 15 is 0 Å². The van der Waals surface area contributed by atoms with E-state index in [4.69, 9.17) is 22.1 Å². The lowest BCUT2D eigenvalue weighted by Gasteiger charge is -2.32. The molecule has 0 atom stereocenters. The molecule has 0 bridgehead atoms. The maximum atomic E-state index is 12.6. The molecule has 2 N–H and O–H groups in total. The second-order valence-corrected chi connectivity index (χ2v) is 8.49. The summed E-state index contributed by atoms with van der Waals surface area (Å²) in [6, 6.07) is 17.4. The quantitative estimate of drug-likeness (QED) is 0.549. The third-order valence-electron chi connectivity index (χ3n) is 5.50. The van der Waals surface area contributed by atoms with Gasteiger partial charge in [0.1, 0.15) is 12.4 Å². The molecule has 0 aliphatic carbocycles. The van der Waals surface area contributed by atoms with Crippen molar-refractivity contribution in [3.63, 3.8) is 0 Å². The standard InChI is InChI=1S/C24H26ClN5O3/c1-17-11-23(29-10-9-28(14-22(26)31)15-24(29)32)27-30(17)13-19-12-20(25)7-8-21(19)33-16-18-5-3-2-4-6-18/h2-8,11-12H,9-10,13-16H2,1H3,(H2,26,31). The average Bonchev–Trinajstić information content (AvgIpc) is 3.13. The zero-order valence-electron chi connectivity index (χ0n) is 18.4. The molecule has 0 spiro atoms. The SMILES string of the molecule is Cc1cc(N2CCN(CC(N)=O)CC2=O)nn1Cc1cc(Cl)ccc1OCc1ccccc1. The van der Waals surface area contributed by atoms with Gasteiger partial charge in [-0.1, -0.05) is 41.9 Å². The van der Waals surface area contributed by atoms with Crippen LogP contribution in [0.25, 0.3) is 0 Å². The molecule has 0 radical (unpaired) electrons. The number of piperazine rings is 1. The number of carbonyl (C=O) groups is 2. The van der Waals surface area contributed by atoms with Gasteiger partial charge in [-0.3, -0.25) is 24.1 Å². The van der Waals surface area contributed by atoms with Crippen molar-refractivity contribution in [3.05, 3.63) is 76.4 Å². The highest BCUT2D eigenvalue weighted by molar-refractivity contribution is 6.30. The Morgan fingerprint density at radius 2 is 1.94 bits per heavy atom. The molecule has 1 aliphatic heterocycles. The Balaban J connectivity index is 1.48.